The monoisotopic (exact) mass is 262 g/mol. The largest absolute Gasteiger partial charge is 0.399 e. The molecule has 2 N–H and O–H groups in total. The van der Waals surface area contributed by atoms with Crippen molar-refractivity contribution in [3.05, 3.63) is 52.0 Å². The van der Waals surface area contributed by atoms with Crippen LogP contribution in [0.1, 0.15) is 5.56 Å². The van der Waals surface area contributed by atoms with Crippen molar-refractivity contribution in [1.29, 1.82) is 5.26 Å². The quantitative estimate of drug-likeness (QED) is 0.787. The van der Waals surface area contributed by atoms with Crippen LogP contribution in [0.15, 0.2) is 36.4 Å². The molecule has 2 aromatic carbocycles. The third-order valence-electron chi connectivity index (χ3n) is 2.37. The zero-order valence-corrected chi connectivity index (χ0v) is 10.3. The molecule has 0 fully saturated rings. The number of nitrogen functional groups attached to an aromatic ring is 1. The summed E-state index contributed by atoms with van der Waals surface area (Å²) in [6.07, 6.45) is 0. The van der Waals surface area contributed by atoms with E-state index in [-0.39, 0.29) is 0 Å². The molecule has 84 valence electrons. The number of benzene rings is 2. The Hall–Kier alpha value is -1.69. The fourth-order valence-electron chi connectivity index (χ4n) is 1.58. The van der Waals surface area contributed by atoms with E-state index in [1.807, 2.05) is 12.1 Å². The fourth-order valence-corrected chi connectivity index (χ4v) is 2.30. The van der Waals surface area contributed by atoms with E-state index in [1.165, 1.54) is 0 Å². The van der Waals surface area contributed by atoms with Crippen molar-refractivity contribution in [3.8, 4) is 17.2 Å². The molecule has 0 unspecified atom stereocenters. The Labute approximate surface area is 109 Å². The Balaban J connectivity index is 2.57. The second-order valence-electron chi connectivity index (χ2n) is 3.55. The highest BCUT2D eigenvalue weighted by Gasteiger charge is 2.09. The molecular formula is C13H8Cl2N2. The van der Waals surface area contributed by atoms with Gasteiger partial charge >= 0.3 is 0 Å². The average molecular weight is 263 g/mol. The molecule has 0 heterocycles. The van der Waals surface area contributed by atoms with Crippen molar-refractivity contribution in [2.45, 2.75) is 0 Å². The summed E-state index contributed by atoms with van der Waals surface area (Å²) in [5.41, 5.74) is 8.35. The molecule has 0 saturated carbocycles. The Bertz CT molecular complexity index is 575. The van der Waals surface area contributed by atoms with Gasteiger partial charge in [0.1, 0.15) is 0 Å². The van der Waals surface area contributed by atoms with Gasteiger partial charge in [-0.05, 0) is 29.8 Å². The molecule has 0 aliphatic heterocycles. The second-order valence-corrected chi connectivity index (χ2v) is 4.36. The minimum absolute atomic E-state index is 0.500. The van der Waals surface area contributed by atoms with Gasteiger partial charge in [-0.25, -0.2) is 0 Å². The lowest BCUT2D eigenvalue weighted by molar-refractivity contribution is 1.48. The summed E-state index contributed by atoms with van der Waals surface area (Å²) in [6.45, 7) is 0. The number of hydrogen-bond donors (Lipinski definition) is 1. The van der Waals surface area contributed by atoms with Crippen LogP contribution in [0, 0.1) is 11.3 Å². The molecular weight excluding hydrogens is 255 g/mol. The summed E-state index contributed by atoms with van der Waals surface area (Å²) in [5, 5.41) is 9.73. The van der Waals surface area contributed by atoms with Crippen LogP contribution in [0.3, 0.4) is 0 Å². The number of nitrogens with two attached hydrogens (primary N) is 1. The lowest BCUT2D eigenvalue weighted by atomic mass is 10.0. The molecule has 17 heavy (non-hydrogen) atoms. The van der Waals surface area contributed by atoms with Gasteiger partial charge in [-0.15, -0.1) is 0 Å². The number of rotatable bonds is 1. The third-order valence-corrected chi connectivity index (χ3v) is 2.96. The van der Waals surface area contributed by atoms with Gasteiger partial charge in [0, 0.05) is 11.3 Å². The Morgan fingerprint density at radius 1 is 1.00 bits per heavy atom. The van der Waals surface area contributed by atoms with Gasteiger partial charge < -0.3 is 5.73 Å². The van der Waals surface area contributed by atoms with E-state index in [9.17, 15) is 0 Å². The van der Waals surface area contributed by atoms with E-state index in [0.29, 0.717) is 21.3 Å². The normalized spacial score (nSPS) is 9.94. The van der Waals surface area contributed by atoms with Crippen molar-refractivity contribution < 1.29 is 0 Å². The highest BCUT2D eigenvalue weighted by molar-refractivity contribution is 6.39. The summed E-state index contributed by atoms with van der Waals surface area (Å²) in [7, 11) is 0. The Kier molecular flexibility index (Phi) is 3.23. The molecule has 2 nitrogen and oxygen atoms in total. The van der Waals surface area contributed by atoms with Crippen molar-refractivity contribution in [1.82, 2.24) is 0 Å². The highest BCUT2D eigenvalue weighted by Crippen LogP contribution is 2.36. The van der Waals surface area contributed by atoms with Crippen LogP contribution in [-0.2, 0) is 0 Å². The molecule has 4 heteroatoms. The van der Waals surface area contributed by atoms with Crippen LogP contribution in [0.25, 0.3) is 11.1 Å². The van der Waals surface area contributed by atoms with E-state index in [1.54, 1.807) is 24.3 Å². The first kappa shape index (κ1) is 11.8. The van der Waals surface area contributed by atoms with Crippen LogP contribution in [0.2, 0.25) is 10.0 Å². The van der Waals surface area contributed by atoms with E-state index < -0.39 is 0 Å². The van der Waals surface area contributed by atoms with E-state index in [0.717, 1.165) is 11.1 Å². The maximum atomic E-state index is 8.73. The minimum Gasteiger partial charge on any atom is -0.399 e. The summed E-state index contributed by atoms with van der Waals surface area (Å²) in [6, 6.07) is 12.4. The number of hydrogen-bond acceptors (Lipinski definition) is 2. The molecule has 0 atom stereocenters. The van der Waals surface area contributed by atoms with E-state index >= 15 is 0 Å². The molecule has 0 bridgehead atoms. The Morgan fingerprint density at radius 2 is 1.53 bits per heavy atom. The molecule has 0 aromatic heterocycles. The molecule has 0 spiro atoms. The van der Waals surface area contributed by atoms with Crippen LogP contribution < -0.4 is 5.73 Å². The second kappa shape index (κ2) is 4.67. The van der Waals surface area contributed by atoms with E-state index in [4.69, 9.17) is 34.2 Å². The number of halogens is 2. The van der Waals surface area contributed by atoms with Gasteiger partial charge in [-0.2, -0.15) is 5.26 Å². The van der Waals surface area contributed by atoms with Crippen molar-refractivity contribution in [2.75, 3.05) is 5.73 Å². The van der Waals surface area contributed by atoms with Gasteiger partial charge in [-0.1, -0.05) is 35.3 Å². The van der Waals surface area contributed by atoms with Gasteiger partial charge in [-0.3, -0.25) is 0 Å². The number of anilines is 1. The lowest BCUT2D eigenvalue weighted by Crippen LogP contribution is -1.88. The molecule has 0 saturated heterocycles. The minimum atomic E-state index is 0.500. The van der Waals surface area contributed by atoms with E-state index in [2.05, 4.69) is 6.07 Å². The van der Waals surface area contributed by atoms with Crippen LogP contribution in [0.5, 0.6) is 0 Å². The van der Waals surface area contributed by atoms with Gasteiger partial charge in [0.15, 0.2) is 0 Å². The van der Waals surface area contributed by atoms with Crippen LogP contribution in [0.4, 0.5) is 5.69 Å². The molecule has 0 amide bonds. The topological polar surface area (TPSA) is 49.8 Å². The maximum absolute atomic E-state index is 8.73. The predicted octanol–water partition coefficient (Wildman–Crippen LogP) is 4.11. The lowest BCUT2D eigenvalue weighted by Gasteiger charge is -2.08. The molecule has 0 aliphatic rings. The van der Waals surface area contributed by atoms with Crippen molar-refractivity contribution >= 4 is 28.9 Å². The summed E-state index contributed by atoms with van der Waals surface area (Å²) < 4.78 is 0. The van der Waals surface area contributed by atoms with Crippen LogP contribution in [-0.4, -0.2) is 0 Å². The summed E-state index contributed by atoms with van der Waals surface area (Å²) in [5.74, 6) is 0. The SMILES string of the molecule is N#Cc1ccc(-c2c(Cl)cc(N)cc2Cl)cc1. The summed E-state index contributed by atoms with van der Waals surface area (Å²) >= 11 is 12.2. The summed E-state index contributed by atoms with van der Waals surface area (Å²) in [4.78, 5) is 0. The highest BCUT2D eigenvalue weighted by atomic mass is 35.5. The first-order chi connectivity index (χ1) is 8.11. The Morgan fingerprint density at radius 3 is 2.00 bits per heavy atom. The van der Waals surface area contributed by atoms with Gasteiger partial charge in [0.2, 0.25) is 0 Å². The molecule has 2 aromatic rings. The standard InChI is InChI=1S/C13H8Cl2N2/c14-11-5-10(17)6-12(15)13(11)9-3-1-8(7-16)2-4-9/h1-6H,17H2. The zero-order chi connectivity index (χ0) is 12.4. The maximum Gasteiger partial charge on any atom is 0.0991 e. The number of nitrogens with zero attached hydrogens (tertiary/aromatic N) is 1. The van der Waals surface area contributed by atoms with Crippen LogP contribution >= 0.6 is 23.2 Å². The molecule has 2 rings (SSSR count). The smallest absolute Gasteiger partial charge is 0.0991 e. The average Bonchev–Trinajstić information content (AvgIpc) is 2.28. The fraction of sp³-hybridized carbons (Fsp3) is 0. The predicted molar refractivity (Wildman–Crippen MR) is 71.0 cm³/mol. The first-order valence-electron chi connectivity index (χ1n) is 4.87. The number of nitriles is 1. The van der Waals surface area contributed by atoms with Crippen molar-refractivity contribution in [3.63, 3.8) is 0 Å². The van der Waals surface area contributed by atoms with Gasteiger partial charge in [0.25, 0.3) is 0 Å². The first-order valence-corrected chi connectivity index (χ1v) is 5.62. The van der Waals surface area contributed by atoms with Crippen molar-refractivity contribution in [2.24, 2.45) is 0 Å². The zero-order valence-electron chi connectivity index (χ0n) is 8.74. The third kappa shape index (κ3) is 2.36. The molecule has 0 radical (unpaired) electrons. The van der Waals surface area contributed by atoms with Gasteiger partial charge in [0.05, 0.1) is 21.7 Å². The molecule has 0 aliphatic carbocycles.